The number of alkyl halides is 3. The summed E-state index contributed by atoms with van der Waals surface area (Å²) in [5, 5.41) is 1.54. The maximum Gasteiger partial charge on any atom is 0.489 e. The van der Waals surface area contributed by atoms with Crippen LogP contribution < -0.4 is 0 Å². The Morgan fingerprint density at radius 1 is 0.765 bits per heavy atom. The Bertz CT molecular complexity index is 1610. The van der Waals surface area contributed by atoms with Crippen LogP contribution in [-0.2, 0) is 6.30 Å². The molecule has 4 nitrogen and oxygen atoms in total. The van der Waals surface area contributed by atoms with Crippen molar-refractivity contribution in [3.63, 3.8) is 0 Å². The number of allylic oxidation sites excluding steroid dienone is 1. The van der Waals surface area contributed by atoms with Gasteiger partial charge in [0.1, 0.15) is 5.76 Å². The van der Waals surface area contributed by atoms with Crippen LogP contribution in [0.1, 0.15) is 26.4 Å². The summed E-state index contributed by atoms with van der Waals surface area (Å²) in [6.07, 6.45) is -3.79. The predicted octanol–water partition coefficient (Wildman–Crippen LogP) is 6.99. The summed E-state index contributed by atoms with van der Waals surface area (Å²) in [6, 6.07) is 21.7. The third-order valence-electron chi connectivity index (χ3n) is 5.99. The fraction of sp³-hybridized carbons (Fsp3) is 0.0370. The van der Waals surface area contributed by atoms with E-state index >= 15 is 0 Å². The van der Waals surface area contributed by atoms with E-state index in [0.29, 0.717) is 5.56 Å². The van der Waals surface area contributed by atoms with Gasteiger partial charge in [0.2, 0.25) is 0 Å². The van der Waals surface area contributed by atoms with E-state index in [-0.39, 0.29) is 43.8 Å². The molecule has 2 aromatic heterocycles. The van der Waals surface area contributed by atoms with Gasteiger partial charge < -0.3 is 4.42 Å². The first-order chi connectivity index (χ1) is 16.3. The summed E-state index contributed by atoms with van der Waals surface area (Å²) in [4.78, 5) is 26.0. The van der Waals surface area contributed by atoms with E-state index < -0.39 is 17.9 Å². The highest BCUT2D eigenvalue weighted by atomic mass is 19.4. The number of carbonyl (C=O) groups excluding carboxylic acids is 2. The maximum atomic E-state index is 14.1. The number of ketones is 2. The first-order valence-electron chi connectivity index (χ1n) is 10.4. The van der Waals surface area contributed by atoms with Crippen LogP contribution in [0.4, 0.5) is 13.2 Å². The molecular weight excluding hydrogens is 443 g/mol. The molecule has 6 rings (SSSR count). The molecule has 0 unspecified atom stereocenters. The van der Waals surface area contributed by atoms with Crippen molar-refractivity contribution in [2.75, 3.05) is 0 Å². The number of furan rings is 1. The van der Waals surface area contributed by atoms with Crippen LogP contribution >= 0.6 is 0 Å². The van der Waals surface area contributed by atoms with Crippen molar-refractivity contribution in [3.05, 3.63) is 101 Å². The molecule has 0 fully saturated rings. The molecule has 0 saturated carbocycles. The normalized spacial score (nSPS) is 13.8. The van der Waals surface area contributed by atoms with E-state index in [4.69, 9.17) is 4.42 Å². The molecule has 0 N–H and O–H groups in total. The van der Waals surface area contributed by atoms with Gasteiger partial charge in [-0.1, -0.05) is 54.6 Å². The van der Waals surface area contributed by atoms with Crippen molar-refractivity contribution >= 4 is 39.5 Å². The second kappa shape index (κ2) is 7.05. The molecule has 0 saturated heterocycles. The second-order valence-corrected chi connectivity index (χ2v) is 8.06. The number of halogens is 3. The Kier molecular flexibility index (Phi) is 4.20. The van der Waals surface area contributed by atoms with E-state index in [1.165, 1.54) is 12.1 Å². The fourth-order valence-electron chi connectivity index (χ4n) is 4.43. The average Bonchev–Trinajstić information content (AvgIpc) is 3.44. The smallest absolute Gasteiger partial charge is 0.454 e. The van der Waals surface area contributed by atoms with Gasteiger partial charge in [0.15, 0.2) is 17.1 Å². The largest absolute Gasteiger partial charge is 0.489 e. The van der Waals surface area contributed by atoms with Gasteiger partial charge >= 0.3 is 6.30 Å². The van der Waals surface area contributed by atoms with Crippen LogP contribution in [0.5, 0.6) is 0 Å². The summed E-state index contributed by atoms with van der Waals surface area (Å²) in [6.45, 7) is 0. The van der Waals surface area contributed by atoms with Gasteiger partial charge in [-0.15, -0.1) is 13.2 Å². The number of Topliss-reactive ketones (excluding diaryl/α,β-unsaturated/α-hetero) is 2. The number of fused-ring (bicyclic) bond motifs is 3. The molecule has 0 radical (unpaired) electrons. The van der Waals surface area contributed by atoms with Crippen molar-refractivity contribution in [1.29, 1.82) is 0 Å². The topological polar surface area (TPSA) is 52.2 Å². The lowest BCUT2D eigenvalue weighted by Crippen LogP contribution is -2.18. The zero-order valence-electron chi connectivity index (χ0n) is 17.4. The fourth-order valence-corrected chi connectivity index (χ4v) is 4.43. The van der Waals surface area contributed by atoms with Crippen LogP contribution in [0.15, 0.2) is 88.9 Å². The quantitative estimate of drug-likeness (QED) is 0.212. The highest BCUT2D eigenvalue weighted by Gasteiger charge is 2.38. The summed E-state index contributed by atoms with van der Waals surface area (Å²) in [5.74, 6) is -0.903. The van der Waals surface area contributed by atoms with E-state index in [0.717, 1.165) is 16.8 Å². The number of carbonyl (C=O) groups is 2. The molecule has 34 heavy (non-hydrogen) atoms. The lowest BCUT2D eigenvalue weighted by Gasteiger charge is -2.11. The van der Waals surface area contributed by atoms with Crippen LogP contribution in [0.3, 0.4) is 0 Å². The summed E-state index contributed by atoms with van der Waals surface area (Å²) in [5.41, 5.74) is 0.166. The van der Waals surface area contributed by atoms with Crippen LogP contribution in [-0.4, -0.2) is 16.1 Å². The minimum atomic E-state index is -4.79. The minimum Gasteiger partial charge on any atom is -0.454 e. The molecule has 3 aromatic carbocycles. The number of aromatic nitrogens is 1. The molecule has 5 aromatic rings. The molecule has 2 heterocycles. The molecule has 0 aliphatic heterocycles. The SMILES string of the molecule is O=C1C(=Cc2cc3oc(-c4ccccc4)cc3n2C(F)(F)F)C(=O)c2cc3ccccc3cc21. The molecule has 166 valence electrons. The molecule has 1 aliphatic rings. The standard InChI is InChI=1S/C27H14F3NO3/c28-27(29,30)31-18(13-24-22(31)14-23(34-24)15-6-2-1-3-7-15)12-21-25(32)19-10-16-8-4-5-9-17(16)11-20(19)26(21)33/h1-14H. The highest BCUT2D eigenvalue weighted by molar-refractivity contribution is 6.42. The maximum absolute atomic E-state index is 14.1. The molecule has 0 amide bonds. The van der Waals surface area contributed by atoms with Crippen molar-refractivity contribution in [1.82, 2.24) is 4.57 Å². The Morgan fingerprint density at radius 3 is 1.94 bits per heavy atom. The Hall–Kier alpha value is -4.39. The second-order valence-electron chi connectivity index (χ2n) is 8.06. The van der Waals surface area contributed by atoms with Crippen molar-refractivity contribution in [3.8, 4) is 11.3 Å². The van der Waals surface area contributed by atoms with Crippen molar-refractivity contribution in [2.24, 2.45) is 0 Å². The molecule has 1 aliphatic carbocycles. The number of benzene rings is 3. The lowest BCUT2D eigenvalue weighted by atomic mass is 10.0. The number of hydrogen-bond acceptors (Lipinski definition) is 3. The van der Waals surface area contributed by atoms with E-state index in [1.54, 1.807) is 42.5 Å². The predicted molar refractivity (Wildman–Crippen MR) is 122 cm³/mol. The zero-order chi connectivity index (χ0) is 23.6. The average molecular weight is 457 g/mol. The lowest BCUT2D eigenvalue weighted by molar-refractivity contribution is -0.201. The van der Waals surface area contributed by atoms with Gasteiger partial charge in [-0.05, 0) is 29.0 Å². The van der Waals surface area contributed by atoms with Crippen LogP contribution in [0, 0.1) is 0 Å². The van der Waals surface area contributed by atoms with Crippen LogP contribution in [0.2, 0.25) is 0 Å². The first-order valence-corrected chi connectivity index (χ1v) is 10.4. The van der Waals surface area contributed by atoms with Crippen molar-refractivity contribution in [2.45, 2.75) is 6.30 Å². The minimum absolute atomic E-state index is 0.00387. The summed E-state index contributed by atoms with van der Waals surface area (Å²) < 4.78 is 48.0. The van der Waals surface area contributed by atoms with Gasteiger partial charge in [-0.25, -0.2) is 4.57 Å². The number of nitrogens with zero attached hydrogens (tertiary/aromatic N) is 1. The van der Waals surface area contributed by atoms with Gasteiger partial charge in [0.25, 0.3) is 0 Å². The van der Waals surface area contributed by atoms with E-state index in [2.05, 4.69) is 0 Å². The van der Waals surface area contributed by atoms with Gasteiger partial charge in [-0.2, -0.15) is 0 Å². The molecule has 0 spiro atoms. The van der Waals surface area contributed by atoms with E-state index in [1.807, 2.05) is 24.3 Å². The third-order valence-corrected chi connectivity index (χ3v) is 5.99. The summed E-state index contributed by atoms with van der Waals surface area (Å²) in [7, 11) is 0. The molecular formula is C27H14F3NO3. The Balaban J connectivity index is 1.50. The highest BCUT2D eigenvalue weighted by Crippen LogP contribution is 2.38. The number of hydrogen-bond donors (Lipinski definition) is 0. The van der Waals surface area contributed by atoms with Gasteiger partial charge in [0.05, 0.1) is 16.8 Å². The van der Waals surface area contributed by atoms with Crippen molar-refractivity contribution < 1.29 is 27.2 Å². The Labute approximate surface area is 190 Å². The zero-order valence-corrected chi connectivity index (χ0v) is 17.4. The number of rotatable bonds is 2. The Morgan fingerprint density at radius 2 is 1.35 bits per heavy atom. The molecule has 0 atom stereocenters. The van der Waals surface area contributed by atoms with Gasteiger partial charge in [0, 0.05) is 28.8 Å². The first kappa shape index (κ1) is 20.2. The van der Waals surface area contributed by atoms with E-state index in [9.17, 15) is 22.8 Å². The summed E-state index contributed by atoms with van der Waals surface area (Å²) >= 11 is 0. The van der Waals surface area contributed by atoms with Gasteiger partial charge in [-0.3, -0.25) is 9.59 Å². The molecule has 0 bridgehead atoms. The monoisotopic (exact) mass is 457 g/mol. The molecule has 7 heteroatoms. The van der Waals surface area contributed by atoms with Crippen LogP contribution in [0.25, 0.3) is 39.3 Å². The third kappa shape index (κ3) is 3.01.